The summed E-state index contributed by atoms with van der Waals surface area (Å²) in [4.78, 5) is 0.624. The first-order chi connectivity index (χ1) is 8.56. The van der Waals surface area contributed by atoms with Crippen molar-refractivity contribution >= 4 is 21.4 Å². The van der Waals surface area contributed by atoms with Crippen LogP contribution in [-0.2, 0) is 21.4 Å². The Morgan fingerprint density at radius 1 is 1.56 bits per heavy atom. The fourth-order valence-corrected chi connectivity index (χ4v) is 4.12. The Morgan fingerprint density at radius 3 is 2.78 bits per heavy atom. The molecule has 0 amide bonds. The highest BCUT2D eigenvalue weighted by Gasteiger charge is 2.24. The van der Waals surface area contributed by atoms with Gasteiger partial charge in [-0.2, -0.15) is 4.31 Å². The maximum absolute atomic E-state index is 12.3. The summed E-state index contributed by atoms with van der Waals surface area (Å²) in [5.74, 6) is 0. The lowest BCUT2D eigenvalue weighted by Gasteiger charge is -2.19. The Hall–Kier alpha value is -0.730. The Bertz CT molecular complexity index is 481. The Morgan fingerprint density at radius 2 is 2.28 bits per heavy atom. The van der Waals surface area contributed by atoms with Crippen molar-refractivity contribution in [3.8, 4) is 0 Å². The molecule has 7 heteroatoms. The van der Waals surface area contributed by atoms with Crippen LogP contribution in [0.15, 0.2) is 29.0 Å². The van der Waals surface area contributed by atoms with Crippen LogP contribution in [0, 0.1) is 0 Å². The van der Waals surface area contributed by atoms with Crippen LogP contribution in [0.2, 0.25) is 0 Å². The molecule has 5 nitrogen and oxygen atoms in total. The van der Waals surface area contributed by atoms with E-state index < -0.39 is 10.0 Å². The Labute approximate surface area is 111 Å². The van der Waals surface area contributed by atoms with Crippen LogP contribution in [0.4, 0.5) is 0 Å². The molecule has 1 aromatic heterocycles. The van der Waals surface area contributed by atoms with Crippen LogP contribution in [0.3, 0.4) is 0 Å². The number of methoxy groups -OCH3 is 1. The smallest absolute Gasteiger partial charge is 0.252 e. The molecule has 0 spiro atoms. The molecule has 0 aromatic carbocycles. The molecule has 18 heavy (non-hydrogen) atoms. The molecule has 0 aliphatic rings. The SMILES string of the molecule is C=CCN(CCOC)S(=O)(=O)c1ccc(CO)s1. The highest BCUT2D eigenvalue weighted by atomic mass is 32.2. The largest absolute Gasteiger partial charge is 0.391 e. The normalized spacial score (nSPS) is 11.9. The summed E-state index contributed by atoms with van der Waals surface area (Å²) in [6, 6.07) is 3.12. The van der Waals surface area contributed by atoms with E-state index in [0.29, 0.717) is 11.5 Å². The van der Waals surface area contributed by atoms with Gasteiger partial charge in [0.1, 0.15) is 4.21 Å². The molecule has 1 aromatic rings. The van der Waals surface area contributed by atoms with Crippen LogP contribution >= 0.6 is 11.3 Å². The second-order valence-corrected chi connectivity index (χ2v) is 6.86. The van der Waals surface area contributed by atoms with E-state index in [9.17, 15) is 8.42 Å². The number of sulfonamides is 1. The summed E-state index contributed by atoms with van der Waals surface area (Å²) in [5.41, 5.74) is 0. The van der Waals surface area contributed by atoms with Gasteiger partial charge in [0, 0.05) is 25.1 Å². The minimum atomic E-state index is -3.54. The molecule has 0 fully saturated rings. The van der Waals surface area contributed by atoms with E-state index in [1.807, 2.05) is 0 Å². The summed E-state index contributed by atoms with van der Waals surface area (Å²) in [6.45, 7) is 4.23. The van der Waals surface area contributed by atoms with E-state index in [1.165, 1.54) is 23.6 Å². The van der Waals surface area contributed by atoms with Crippen molar-refractivity contribution in [3.05, 3.63) is 29.7 Å². The van der Waals surface area contributed by atoms with E-state index >= 15 is 0 Å². The summed E-state index contributed by atoms with van der Waals surface area (Å²) in [6.07, 6.45) is 1.54. The highest BCUT2D eigenvalue weighted by molar-refractivity contribution is 7.91. The molecule has 0 unspecified atom stereocenters. The molecule has 1 N–H and O–H groups in total. The Balaban J connectivity index is 2.96. The molecule has 0 aliphatic heterocycles. The molecule has 0 aliphatic carbocycles. The summed E-state index contributed by atoms with van der Waals surface area (Å²) >= 11 is 1.07. The molecule has 102 valence electrons. The zero-order valence-corrected chi connectivity index (χ0v) is 11.8. The van der Waals surface area contributed by atoms with E-state index in [1.54, 1.807) is 6.07 Å². The minimum absolute atomic E-state index is 0.153. The first-order valence-electron chi connectivity index (χ1n) is 5.35. The van der Waals surface area contributed by atoms with Gasteiger partial charge in [0.25, 0.3) is 10.0 Å². The van der Waals surface area contributed by atoms with Crippen molar-refractivity contribution in [1.29, 1.82) is 0 Å². The number of ether oxygens (including phenoxy) is 1. The summed E-state index contributed by atoms with van der Waals surface area (Å²) < 4.78 is 31.0. The predicted octanol–water partition coefficient (Wildman–Crippen LogP) is 1.06. The van der Waals surface area contributed by atoms with Gasteiger partial charge in [-0.25, -0.2) is 8.42 Å². The molecule has 0 atom stereocenters. The Kier molecular flexibility index (Phi) is 5.97. The van der Waals surface area contributed by atoms with Crippen LogP contribution < -0.4 is 0 Å². The quantitative estimate of drug-likeness (QED) is 0.727. The van der Waals surface area contributed by atoms with Crippen molar-refractivity contribution in [3.63, 3.8) is 0 Å². The zero-order valence-electron chi connectivity index (χ0n) is 10.2. The standard InChI is InChI=1S/C11H17NO4S2/c1-3-6-12(7-8-16-2)18(14,15)11-5-4-10(9-13)17-11/h3-5,13H,1,6-9H2,2H3. The van der Waals surface area contributed by atoms with Crippen LogP contribution in [0.25, 0.3) is 0 Å². The van der Waals surface area contributed by atoms with E-state index in [4.69, 9.17) is 9.84 Å². The highest BCUT2D eigenvalue weighted by Crippen LogP contribution is 2.24. The third-order valence-corrected chi connectivity index (χ3v) is 5.67. The first-order valence-corrected chi connectivity index (χ1v) is 7.61. The average Bonchev–Trinajstić information content (AvgIpc) is 2.83. The van der Waals surface area contributed by atoms with Crippen molar-refractivity contribution < 1.29 is 18.3 Å². The number of thiophene rings is 1. The molecular formula is C11H17NO4S2. The number of aliphatic hydroxyl groups excluding tert-OH is 1. The third-order valence-electron chi connectivity index (χ3n) is 2.26. The monoisotopic (exact) mass is 291 g/mol. The topological polar surface area (TPSA) is 66.8 Å². The van der Waals surface area contributed by atoms with Crippen molar-refractivity contribution in [2.45, 2.75) is 10.8 Å². The number of rotatable bonds is 8. The molecular weight excluding hydrogens is 274 g/mol. The molecule has 0 saturated heterocycles. The van der Waals surface area contributed by atoms with Gasteiger partial charge < -0.3 is 9.84 Å². The fourth-order valence-electron chi connectivity index (χ4n) is 1.36. The van der Waals surface area contributed by atoms with Crippen molar-refractivity contribution in [2.24, 2.45) is 0 Å². The second kappa shape index (κ2) is 7.01. The lowest BCUT2D eigenvalue weighted by Crippen LogP contribution is -2.33. The van der Waals surface area contributed by atoms with Gasteiger partial charge in [0.15, 0.2) is 0 Å². The first kappa shape index (κ1) is 15.3. The zero-order chi connectivity index (χ0) is 13.6. The summed E-state index contributed by atoms with van der Waals surface area (Å²) in [7, 11) is -2.01. The molecule has 0 bridgehead atoms. The molecule has 0 radical (unpaired) electrons. The van der Waals surface area contributed by atoms with E-state index in [-0.39, 0.29) is 23.9 Å². The second-order valence-electron chi connectivity index (χ2n) is 3.52. The molecule has 1 rings (SSSR count). The van der Waals surface area contributed by atoms with Gasteiger partial charge in [0.05, 0.1) is 13.2 Å². The van der Waals surface area contributed by atoms with Crippen LogP contribution in [0.1, 0.15) is 4.88 Å². The maximum atomic E-state index is 12.3. The lowest BCUT2D eigenvalue weighted by atomic mass is 10.5. The number of hydrogen-bond acceptors (Lipinski definition) is 5. The van der Waals surface area contributed by atoms with Crippen molar-refractivity contribution in [2.75, 3.05) is 26.8 Å². The van der Waals surface area contributed by atoms with Crippen LogP contribution in [-0.4, -0.2) is 44.6 Å². The molecule has 1 heterocycles. The van der Waals surface area contributed by atoms with Gasteiger partial charge >= 0.3 is 0 Å². The van der Waals surface area contributed by atoms with Gasteiger partial charge in [-0.05, 0) is 12.1 Å². The van der Waals surface area contributed by atoms with Gasteiger partial charge in [0.2, 0.25) is 0 Å². The van der Waals surface area contributed by atoms with E-state index in [2.05, 4.69) is 6.58 Å². The predicted molar refractivity (Wildman–Crippen MR) is 71.1 cm³/mol. The average molecular weight is 291 g/mol. The summed E-state index contributed by atoms with van der Waals surface area (Å²) in [5, 5.41) is 8.97. The molecule has 0 saturated carbocycles. The fraction of sp³-hybridized carbons (Fsp3) is 0.455. The number of aliphatic hydroxyl groups is 1. The maximum Gasteiger partial charge on any atom is 0.252 e. The third kappa shape index (κ3) is 3.63. The van der Waals surface area contributed by atoms with Gasteiger partial charge in [-0.15, -0.1) is 17.9 Å². The van der Waals surface area contributed by atoms with Gasteiger partial charge in [-0.1, -0.05) is 6.08 Å². The number of nitrogens with zero attached hydrogens (tertiary/aromatic N) is 1. The van der Waals surface area contributed by atoms with Gasteiger partial charge in [-0.3, -0.25) is 0 Å². The van der Waals surface area contributed by atoms with E-state index in [0.717, 1.165) is 11.3 Å². The van der Waals surface area contributed by atoms with Crippen LogP contribution in [0.5, 0.6) is 0 Å². The van der Waals surface area contributed by atoms with Crippen molar-refractivity contribution in [1.82, 2.24) is 4.31 Å². The lowest BCUT2D eigenvalue weighted by molar-refractivity contribution is 0.182. The number of hydrogen-bond donors (Lipinski definition) is 1. The minimum Gasteiger partial charge on any atom is -0.391 e.